The average molecular weight is 436 g/mol. The van der Waals surface area contributed by atoms with Crippen molar-refractivity contribution in [1.29, 1.82) is 0 Å². The summed E-state index contributed by atoms with van der Waals surface area (Å²) in [6.45, 7) is 7.97. The van der Waals surface area contributed by atoms with Crippen LogP contribution in [0.5, 0.6) is 0 Å². The zero-order valence-corrected chi connectivity index (χ0v) is 18.4. The van der Waals surface area contributed by atoms with Crippen molar-refractivity contribution in [2.45, 2.75) is 52.2 Å². The first-order chi connectivity index (χ1) is 13.9. The summed E-state index contributed by atoms with van der Waals surface area (Å²) >= 11 is 0. The number of halogens is 1. The molecule has 0 saturated carbocycles. The molecule has 30 heavy (non-hydrogen) atoms. The van der Waals surface area contributed by atoms with Gasteiger partial charge in [-0.3, -0.25) is 4.79 Å². The molecule has 1 saturated heterocycles. The number of piperidine rings is 1. The Morgan fingerprint density at radius 1 is 1.20 bits per heavy atom. The minimum atomic E-state index is -0.242. The van der Waals surface area contributed by atoms with E-state index in [2.05, 4.69) is 31.6 Å². The highest BCUT2D eigenvalue weighted by Gasteiger charge is 2.22. The number of nitrogens with zero attached hydrogens (tertiary/aromatic N) is 3. The molecular formula is C20H30ClN7O2. The van der Waals surface area contributed by atoms with Gasteiger partial charge in [0.05, 0.1) is 11.7 Å². The minimum absolute atomic E-state index is 0. The fourth-order valence-electron chi connectivity index (χ4n) is 3.35. The van der Waals surface area contributed by atoms with E-state index in [0.29, 0.717) is 24.0 Å². The summed E-state index contributed by atoms with van der Waals surface area (Å²) in [7, 11) is 0. The Kier molecular flexibility index (Phi) is 8.61. The first kappa shape index (κ1) is 23.6. The number of urea groups is 1. The van der Waals surface area contributed by atoms with Gasteiger partial charge in [0.25, 0.3) is 5.91 Å². The maximum atomic E-state index is 12.5. The molecule has 0 unspecified atom stereocenters. The van der Waals surface area contributed by atoms with Crippen LogP contribution in [-0.2, 0) is 6.54 Å². The number of nitrogens with one attached hydrogen (secondary N) is 4. The van der Waals surface area contributed by atoms with Crippen molar-refractivity contribution in [3.05, 3.63) is 41.2 Å². The third-order valence-corrected chi connectivity index (χ3v) is 4.88. The summed E-state index contributed by atoms with van der Waals surface area (Å²) in [5.74, 6) is -0.235. The molecule has 3 amide bonds. The number of hydrogen-bond donors (Lipinski definition) is 4. The topological polar surface area (TPSA) is 113 Å². The highest BCUT2D eigenvalue weighted by Crippen LogP contribution is 2.20. The van der Waals surface area contributed by atoms with Gasteiger partial charge >= 0.3 is 6.03 Å². The molecule has 9 nitrogen and oxygen atoms in total. The Bertz CT molecular complexity index is 845. The molecule has 1 aromatic heterocycles. The lowest BCUT2D eigenvalue weighted by molar-refractivity contribution is 0.0945. The standard InChI is InChI=1S/C20H29N7O2.ClH/c1-13(2)23-20(29)24-16-6-4-15(5-7-16)12-22-19(28)18-14(3)27(26-25-18)17-8-10-21-11-9-17;/h4-7,13,17,21H,8-12H2,1-3H3,(H,22,28)(H2,23,24,29);1H. The van der Waals surface area contributed by atoms with Gasteiger partial charge in [-0.15, -0.1) is 17.5 Å². The van der Waals surface area contributed by atoms with Gasteiger partial charge in [0.2, 0.25) is 0 Å². The lowest BCUT2D eigenvalue weighted by atomic mass is 10.1. The first-order valence-electron chi connectivity index (χ1n) is 10.0. The minimum Gasteiger partial charge on any atom is -0.347 e. The molecule has 2 aromatic rings. The van der Waals surface area contributed by atoms with Crippen molar-refractivity contribution < 1.29 is 9.59 Å². The van der Waals surface area contributed by atoms with Gasteiger partial charge in [-0.1, -0.05) is 17.3 Å². The molecule has 1 aliphatic rings. The lowest BCUT2D eigenvalue weighted by Gasteiger charge is -2.23. The number of amides is 3. The average Bonchev–Trinajstić information content (AvgIpc) is 3.08. The van der Waals surface area contributed by atoms with E-state index in [1.807, 2.05) is 37.6 Å². The monoisotopic (exact) mass is 435 g/mol. The highest BCUT2D eigenvalue weighted by atomic mass is 35.5. The molecule has 0 aliphatic carbocycles. The second-order valence-electron chi connectivity index (χ2n) is 7.58. The fraction of sp³-hybridized carbons (Fsp3) is 0.500. The first-order valence-corrected chi connectivity index (χ1v) is 10.0. The SMILES string of the molecule is Cc1c(C(=O)NCc2ccc(NC(=O)NC(C)C)cc2)nnn1C1CCNCC1.Cl. The summed E-state index contributed by atoms with van der Waals surface area (Å²) < 4.78 is 1.87. The number of anilines is 1. The van der Waals surface area contributed by atoms with Crippen LogP contribution in [0.25, 0.3) is 0 Å². The van der Waals surface area contributed by atoms with Crippen LogP contribution in [0.1, 0.15) is 54.5 Å². The van der Waals surface area contributed by atoms with Crippen LogP contribution in [0.4, 0.5) is 10.5 Å². The second-order valence-corrected chi connectivity index (χ2v) is 7.58. The molecule has 0 radical (unpaired) electrons. The third-order valence-electron chi connectivity index (χ3n) is 4.88. The second kappa shape index (κ2) is 10.9. The third kappa shape index (κ3) is 6.17. The molecule has 164 valence electrons. The van der Waals surface area contributed by atoms with Crippen LogP contribution < -0.4 is 21.3 Å². The molecule has 2 heterocycles. The predicted molar refractivity (Wildman–Crippen MR) is 118 cm³/mol. The molecule has 0 spiro atoms. The molecular weight excluding hydrogens is 406 g/mol. The lowest BCUT2D eigenvalue weighted by Crippen LogP contribution is -2.34. The van der Waals surface area contributed by atoms with Gasteiger partial charge in [-0.2, -0.15) is 0 Å². The molecule has 3 rings (SSSR count). The van der Waals surface area contributed by atoms with Crippen molar-refractivity contribution in [2.75, 3.05) is 18.4 Å². The van der Waals surface area contributed by atoms with Gasteiger partial charge in [0.15, 0.2) is 5.69 Å². The van der Waals surface area contributed by atoms with Crippen LogP contribution in [0.2, 0.25) is 0 Å². The Labute approximate surface area is 182 Å². The van der Waals surface area contributed by atoms with Crippen molar-refractivity contribution in [3.63, 3.8) is 0 Å². The van der Waals surface area contributed by atoms with E-state index in [1.165, 1.54) is 0 Å². The van der Waals surface area contributed by atoms with E-state index >= 15 is 0 Å². The number of hydrogen-bond acceptors (Lipinski definition) is 5. The zero-order valence-electron chi connectivity index (χ0n) is 17.6. The van der Waals surface area contributed by atoms with Crippen LogP contribution >= 0.6 is 12.4 Å². The van der Waals surface area contributed by atoms with Crippen LogP contribution in [0.3, 0.4) is 0 Å². The highest BCUT2D eigenvalue weighted by molar-refractivity contribution is 5.93. The molecule has 4 N–H and O–H groups in total. The quantitative estimate of drug-likeness (QED) is 0.556. The van der Waals surface area contributed by atoms with Gasteiger partial charge in [-0.25, -0.2) is 9.48 Å². The summed E-state index contributed by atoms with van der Waals surface area (Å²) in [4.78, 5) is 24.3. The largest absolute Gasteiger partial charge is 0.347 e. The van der Waals surface area contributed by atoms with E-state index in [1.54, 1.807) is 12.1 Å². The van der Waals surface area contributed by atoms with Gasteiger partial charge in [0, 0.05) is 18.3 Å². The van der Waals surface area contributed by atoms with E-state index in [9.17, 15) is 9.59 Å². The molecule has 0 bridgehead atoms. The Balaban J connectivity index is 0.00000320. The van der Waals surface area contributed by atoms with E-state index in [-0.39, 0.29) is 30.4 Å². The van der Waals surface area contributed by atoms with Crippen molar-refractivity contribution >= 4 is 30.0 Å². The molecule has 1 fully saturated rings. The predicted octanol–water partition coefficient (Wildman–Crippen LogP) is 2.39. The number of benzene rings is 1. The number of aromatic nitrogens is 3. The maximum absolute atomic E-state index is 12.5. The number of carbonyl (C=O) groups excluding carboxylic acids is 2. The van der Waals surface area contributed by atoms with Gasteiger partial charge in [0.1, 0.15) is 0 Å². The summed E-state index contributed by atoms with van der Waals surface area (Å²) in [6.07, 6.45) is 1.97. The van der Waals surface area contributed by atoms with Crippen LogP contribution in [0.15, 0.2) is 24.3 Å². The Morgan fingerprint density at radius 2 is 1.87 bits per heavy atom. The van der Waals surface area contributed by atoms with E-state index < -0.39 is 0 Å². The number of carbonyl (C=O) groups is 2. The van der Waals surface area contributed by atoms with Gasteiger partial charge in [-0.05, 0) is 64.4 Å². The van der Waals surface area contributed by atoms with Crippen molar-refractivity contribution in [3.8, 4) is 0 Å². The summed E-state index contributed by atoms with van der Waals surface area (Å²) in [5, 5.41) is 20.1. The normalized spacial score (nSPS) is 14.1. The van der Waals surface area contributed by atoms with E-state index in [0.717, 1.165) is 37.2 Å². The molecule has 1 aromatic carbocycles. The number of rotatable bonds is 6. The van der Waals surface area contributed by atoms with E-state index in [4.69, 9.17) is 0 Å². The summed E-state index contributed by atoms with van der Waals surface area (Å²) in [5.41, 5.74) is 2.79. The van der Waals surface area contributed by atoms with Gasteiger partial charge < -0.3 is 21.3 Å². The van der Waals surface area contributed by atoms with Crippen molar-refractivity contribution in [2.24, 2.45) is 0 Å². The van der Waals surface area contributed by atoms with Crippen LogP contribution in [-0.4, -0.2) is 46.1 Å². The smallest absolute Gasteiger partial charge is 0.319 e. The van der Waals surface area contributed by atoms with Crippen molar-refractivity contribution in [1.82, 2.24) is 30.9 Å². The Morgan fingerprint density at radius 3 is 2.50 bits per heavy atom. The van der Waals surface area contributed by atoms with Crippen LogP contribution in [0, 0.1) is 6.92 Å². The maximum Gasteiger partial charge on any atom is 0.319 e. The molecule has 0 atom stereocenters. The molecule has 10 heteroatoms. The fourth-order valence-corrected chi connectivity index (χ4v) is 3.35. The zero-order chi connectivity index (χ0) is 20.8. The summed E-state index contributed by atoms with van der Waals surface area (Å²) in [6, 6.07) is 7.46. The Hall–Kier alpha value is -2.65. The molecule has 1 aliphatic heterocycles.